The Morgan fingerprint density at radius 1 is 1.25 bits per heavy atom. The molecule has 1 saturated heterocycles. The maximum Gasteiger partial charge on any atom is 0.164 e. The van der Waals surface area contributed by atoms with Crippen LogP contribution in [0.1, 0.15) is 62.4 Å². The Labute approximate surface area is 123 Å². The molecule has 20 heavy (non-hydrogen) atoms. The molecule has 2 nitrogen and oxygen atoms in total. The van der Waals surface area contributed by atoms with E-state index in [0.29, 0.717) is 24.4 Å². The Morgan fingerprint density at radius 2 is 1.95 bits per heavy atom. The normalized spacial score (nSPS) is 23.0. The van der Waals surface area contributed by atoms with Crippen LogP contribution in [-0.2, 0) is 6.42 Å². The van der Waals surface area contributed by atoms with E-state index < -0.39 is 0 Å². The Bertz CT molecular complexity index is 435. The van der Waals surface area contributed by atoms with Gasteiger partial charge in [0.1, 0.15) is 0 Å². The van der Waals surface area contributed by atoms with Gasteiger partial charge >= 0.3 is 0 Å². The highest BCUT2D eigenvalue weighted by molar-refractivity contribution is 5.96. The molecule has 2 rings (SSSR count). The summed E-state index contributed by atoms with van der Waals surface area (Å²) >= 11 is 0. The highest BCUT2D eigenvalue weighted by Gasteiger charge is 2.20. The Balaban J connectivity index is 1.91. The third kappa shape index (κ3) is 4.45. The number of hydrogen-bond acceptors (Lipinski definition) is 2. The number of carbonyl (C=O) groups excluding carboxylic acids is 1. The zero-order valence-corrected chi connectivity index (χ0v) is 13.0. The second-order valence-electron chi connectivity index (χ2n) is 6.62. The molecule has 1 aromatic carbocycles. The predicted octanol–water partition coefficient (Wildman–Crippen LogP) is 3.99. The number of piperidine rings is 1. The van der Waals surface area contributed by atoms with Crippen LogP contribution in [-0.4, -0.2) is 17.9 Å². The monoisotopic (exact) mass is 273 g/mol. The summed E-state index contributed by atoms with van der Waals surface area (Å²) in [6.07, 6.45) is 5.31. The van der Waals surface area contributed by atoms with Crippen molar-refractivity contribution in [3.8, 4) is 0 Å². The van der Waals surface area contributed by atoms with Gasteiger partial charge in [-0.2, -0.15) is 0 Å². The van der Waals surface area contributed by atoms with E-state index in [0.717, 1.165) is 18.4 Å². The van der Waals surface area contributed by atoms with Gasteiger partial charge in [0.25, 0.3) is 0 Å². The first-order valence-electron chi connectivity index (χ1n) is 7.92. The van der Waals surface area contributed by atoms with E-state index in [2.05, 4.69) is 38.2 Å². The topological polar surface area (TPSA) is 29.1 Å². The summed E-state index contributed by atoms with van der Waals surface area (Å²) in [5.41, 5.74) is 2.18. The van der Waals surface area contributed by atoms with Gasteiger partial charge in [0.05, 0.1) is 0 Å². The first-order valence-corrected chi connectivity index (χ1v) is 7.92. The minimum Gasteiger partial charge on any atom is -0.311 e. The molecule has 2 heteroatoms. The van der Waals surface area contributed by atoms with Gasteiger partial charge < -0.3 is 5.32 Å². The van der Waals surface area contributed by atoms with Gasteiger partial charge in [0.15, 0.2) is 5.78 Å². The minimum absolute atomic E-state index is 0.271. The number of hydrogen-bond donors (Lipinski definition) is 1. The largest absolute Gasteiger partial charge is 0.311 e. The number of carbonyl (C=O) groups is 1. The average Bonchev–Trinajstić information content (AvgIpc) is 2.38. The molecule has 1 aliphatic heterocycles. The van der Waals surface area contributed by atoms with Gasteiger partial charge in [-0.3, -0.25) is 4.79 Å². The van der Waals surface area contributed by atoms with Crippen molar-refractivity contribution in [2.45, 2.75) is 65.0 Å². The standard InChI is InChI=1S/C18H27NO/c1-13(2)11-15-7-9-16(10-8-15)18(20)12-17-6-4-5-14(3)19-17/h7-10,13-14,17,19H,4-6,11-12H2,1-3H3. The summed E-state index contributed by atoms with van der Waals surface area (Å²) in [5, 5.41) is 3.53. The molecule has 0 aliphatic carbocycles. The van der Waals surface area contributed by atoms with Crippen LogP contribution in [0.15, 0.2) is 24.3 Å². The Morgan fingerprint density at radius 3 is 2.55 bits per heavy atom. The van der Waals surface area contributed by atoms with E-state index in [1.54, 1.807) is 0 Å². The van der Waals surface area contributed by atoms with Gasteiger partial charge in [0, 0.05) is 24.1 Å². The molecule has 1 aliphatic rings. The van der Waals surface area contributed by atoms with E-state index in [1.165, 1.54) is 18.4 Å². The van der Waals surface area contributed by atoms with Crippen LogP contribution in [0.2, 0.25) is 0 Å². The summed E-state index contributed by atoms with van der Waals surface area (Å²) in [4.78, 5) is 12.3. The second kappa shape index (κ2) is 7.03. The lowest BCUT2D eigenvalue weighted by atomic mass is 9.93. The van der Waals surface area contributed by atoms with Crippen LogP contribution < -0.4 is 5.32 Å². The van der Waals surface area contributed by atoms with E-state index in [9.17, 15) is 4.79 Å². The predicted molar refractivity (Wildman–Crippen MR) is 84.2 cm³/mol. The summed E-state index contributed by atoms with van der Waals surface area (Å²) in [7, 11) is 0. The lowest BCUT2D eigenvalue weighted by Gasteiger charge is -2.28. The fraction of sp³-hybridized carbons (Fsp3) is 0.611. The first kappa shape index (κ1) is 15.2. The van der Waals surface area contributed by atoms with Gasteiger partial charge in [-0.05, 0) is 37.7 Å². The highest BCUT2D eigenvalue weighted by atomic mass is 16.1. The molecular formula is C18H27NO. The Kier molecular flexibility index (Phi) is 5.36. The van der Waals surface area contributed by atoms with Crippen LogP contribution in [0, 0.1) is 5.92 Å². The third-order valence-electron chi connectivity index (χ3n) is 4.06. The summed E-state index contributed by atoms with van der Waals surface area (Å²) < 4.78 is 0. The summed E-state index contributed by atoms with van der Waals surface area (Å²) in [5.74, 6) is 0.928. The van der Waals surface area contributed by atoms with Crippen molar-refractivity contribution >= 4 is 5.78 Å². The first-order chi connectivity index (χ1) is 9.54. The molecule has 1 fully saturated rings. The fourth-order valence-electron chi connectivity index (χ4n) is 3.04. The number of nitrogens with one attached hydrogen (secondary N) is 1. The summed E-state index contributed by atoms with van der Waals surface area (Å²) in [6.45, 7) is 6.64. The smallest absolute Gasteiger partial charge is 0.164 e. The number of Topliss-reactive ketones (excluding diaryl/α,β-unsaturated/α-hetero) is 1. The van der Waals surface area contributed by atoms with E-state index in [4.69, 9.17) is 0 Å². The van der Waals surface area contributed by atoms with Gasteiger partial charge in [0.2, 0.25) is 0 Å². The van der Waals surface area contributed by atoms with Crippen LogP contribution >= 0.6 is 0 Å². The molecule has 2 atom stereocenters. The number of ketones is 1. The molecule has 1 N–H and O–H groups in total. The maximum atomic E-state index is 12.3. The lowest BCUT2D eigenvalue weighted by molar-refractivity contribution is 0.0960. The van der Waals surface area contributed by atoms with Crippen molar-refractivity contribution in [1.82, 2.24) is 5.32 Å². The van der Waals surface area contributed by atoms with Gasteiger partial charge in [-0.15, -0.1) is 0 Å². The molecule has 0 saturated carbocycles. The maximum absolute atomic E-state index is 12.3. The lowest BCUT2D eigenvalue weighted by Crippen LogP contribution is -2.41. The van der Waals surface area contributed by atoms with Crippen LogP contribution in [0.5, 0.6) is 0 Å². The fourth-order valence-corrected chi connectivity index (χ4v) is 3.04. The molecule has 1 heterocycles. The molecule has 0 amide bonds. The van der Waals surface area contributed by atoms with Crippen molar-refractivity contribution in [2.24, 2.45) is 5.92 Å². The third-order valence-corrected chi connectivity index (χ3v) is 4.06. The van der Waals surface area contributed by atoms with E-state index in [1.807, 2.05) is 12.1 Å². The summed E-state index contributed by atoms with van der Waals surface area (Å²) in [6, 6.07) is 9.10. The van der Waals surface area contributed by atoms with Crippen LogP contribution in [0.3, 0.4) is 0 Å². The molecule has 0 bridgehead atoms. The number of rotatable bonds is 5. The van der Waals surface area contributed by atoms with Crippen molar-refractivity contribution in [3.05, 3.63) is 35.4 Å². The molecule has 2 unspecified atom stereocenters. The molecular weight excluding hydrogens is 246 g/mol. The molecule has 1 aromatic rings. The molecule has 0 radical (unpaired) electrons. The van der Waals surface area contributed by atoms with Gasteiger partial charge in [-0.25, -0.2) is 0 Å². The molecule has 110 valence electrons. The quantitative estimate of drug-likeness (QED) is 0.822. The SMILES string of the molecule is CC(C)Cc1ccc(C(=O)CC2CCCC(C)N2)cc1. The van der Waals surface area contributed by atoms with Crippen molar-refractivity contribution < 1.29 is 4.79 Å². The van der Waals surface area contributed by atoms with E-state index in [-0.39, 0.29) is 5.78 Å². The zero-order valence-electron chi connectivity index (χ0n) is 13.0. The molecule has 0 spiro atoms. The average molecular weight is 273 g/mol. The Hall–Kier alpha value is -1.15. The van der Waals surface area contributed by atoms with Crippen LogP contribution in [0.25, 0.3) is 0 Å². The zero-order chi connectivity index (χ0) is 14.5. The molecule has 0 aromatic heterocycles. The second-order valence-corrected chi connectivity index (χ2v) is 6.62. The minimum atomic E-state index is 0.271. The van der Waals surface area contributed by atoms with Crippen molar-refractivity contribution in [1.29, 1.82) is 0 Å². The highest BCUT2D eigenvalue weighted by Crippen LogP contribution is 2.17. The van der Waals surface area contributed by atoms with E-state index >= 15 is 0 Å². The van der Waals surface area contributed by atoms with Crippen molar-refractivity contribution in [3.63, 3.8) is 0 Å². The van der Waals surface area contributed by atoms with Crippen molar-refractivity contribution in [2.75, 3.05) is 0 Å². The number of benzene rings is 1. The van der Waals surface area contributed by atoms with Gasteiger partial charge in [-0.1, -0.05) is 44.5 Å². The van der Waals surface area contributed by atoms with Crippen LogP contribution in [0.4, 0.5) is 0 Å².